The Hall–Kier alpha value is -1.37. The minimum Gasteiger partial charge on any atom is -0.481 e. The van der Waals surface area contributed by atoms with Gasteiger partial charge in [0.1, 0.15) is 11.5 Å². The second kappa shape index (κ2) is 6.63. The Morgan fingerprint density at radius 2 is 2.09 bits per heavy atom. The minimum absolute atomic E-state index is 0.101. The Morgan fingerprint density at radius 1 is 1.43 bits per heavy atom. The van der Waals surface area contributed by atoms with Gasteiger partial charge in [0.2, 0.25) is 7.85 Å². The molecule has 1 saturated heterocycles. The normalized spacial score (nSPS) is 33.7. The fraction of sp³-hybridized carbons (Fsp3) is 0.812. The van der Waals surface area contributed by atoms with Crippen LogP contribution in [0.25, 0.3) is 0 Å². The zero-order valence-corrected chi connectivity index (χ0v) is 13.9. The Bertz CT molecular complexity index is 507. The third-order valence-corrected chi connectivity index (χ3v) is 5.08. The number of carbonyl (C=O) groups is 3. The number of amides is 1. The van der Waals surface area contributed by atoms with Crippen molar-refractivity contribution in [3.05, 3.63) is 0 Å². The van der Waals surface area contributed by atoms with E-state index < -0.39 is 23.4 Å². The van der Waals surface area contributed by atoms with Crippen LogP contribution in [0.2, 0.25) is 0 Å². The number of Topliss-reactive ketones (excluding diaryl/α,β-unsaturated/α-hetero) is 1. The zero-order valence-electron chi connectivity index (χ0n) is 13.9. The number of carboxylic acids is 1. The van der Waals surface area contributed by atoms with Gasteiger partial charge in [-0.05, 0) is 39.0 Å². The van der Waals surface area contributed by atoms with Gasteiger partial charge in [0.05, 0.1) is 18.1 Å². The molecule has 0 bridgehead atoms. The number of ether oxygens (including phenoxy) is 1. The molecule has 2 radical (unpaired) electrons. The second-order valence-electron chi connectivity index (χ2n) is 7.01. The predicted molar refractivity (Wildman–Crippen MR) is 84.1 cm³/mol. The Balaban J connectivity index is 2.18. The molecule has 0 aromatic rings. The summed E-state index contributed by atoms with van der Waals surface area (Å²) in [6, 6.07) is -0.200. The van der Waals surface area contributed by atoms with Gasteiger partial charge in [0.15, 0.2) is 5.81 Å². The summed E-state index contributed by atoms with van der Waals surface area (Å²) in [7, 11) is 5.49. The van der Waals surface area contributed by atoms with E-state index in [4.69, 9.17) is 12.6 Å². The van der Waals surface area contributed by atoms with E-state index in [0.29, 0.717) is 25.7 Å². The lowest BCUT2D eigenvalue weighted by atomic mass is 9.75. The number of hydrogen-bond acceptors (Lipinski definition) is 4. The molecule has 2 fully saturated rings. The van der Waals surface area contributed by atoms with Crippen molar-refractivity contribution in [1.29, 1.82) is 0 Å². The van der Waals surface area contributed by atoms with Crippen molar-refractivity contribution >= 4 is 25.4 Å². The van der Waals surface area contributed by atoms with E-state index in [1.807, 2.05) is 6.92 Å². The third kappa shape index (κ3) is 3.60. The Labute approximate surface area is 138 Å². The average molecular weight is 321 g/mol. The highest BCUT2D eigenvalue weighted by Gasteiger charge is 2.49. The van der Waals surface area contributed by atoms with E-state index in [1.165, 1.54) is 4.90 Å². The summed E-state index contributed by atoms with van der Waals surface area (Å²) in [5, 5.41) is 9.40. The molecule has 4 atom stereocenters. The molecule has 0 aromatic carbocycles. The van der Waals surface area contributed by atoms with Crippen LogP contribution in [-0.2, 0) is 14.3 Å². The average Bonchev–Trinajstić information content (AvgIpc) is 2.68. The maximum absolute atomic E-state index is 11.8. The molecule has 2 unspecified atom stereocenters. The van der Waals surface area contributed by atoms with Crippen molar-refractivity contribution in [3.8, 4) is 0 Å². The van der Waals surface area contributed by atoms with E-state index in [9.17, 15) is 19.5 Å². The largest absolute Gasteiger partial charge is 0.481 e. The molecule has 1 aliphatic carbocycles. The van der Waals surface area contributed by atoms with E-state index in [-0.39, 0.29) is 30.3 Å². The van der Waals surface area contributed by atoms with Crippen LogP contribution in [0.4, 0.5) is 4.79 Å². The van der Waals surface area contributed by atoms with Gasteiger partial charge in [-0.15, -0.1) is 0 Å². The van der Waals surface area contributed by atoms with Crippen LogP contribution in [0, 0.1) is 11.8 Å². The molecule has 0 spiro atoms. The van der Waals surface area contributed by atoms with E-state index in [2.05, 4.69) is 0 Å². The summed E-state index contributed by atoms with van der Waals surface area (Å²) in [4.78, 5) is 36.5. The Kier molecular flexibility index (Phi) is 5.18. The van der Waals surface area contributed by atoms with Crippen molar-refractivity contribution in [2.75, 3.05) is 0 Å². The van der Waals surface area contributed by atoms with Crippen LogP contribution in [0.5, 0.6) is 0 Å². The number of nitrogens with zero attached hydrogens (tertiary/aromatic N) is 1. The van der Waals surface area contributed by atoms with Crippen molar-refractivity contribution in [2.45, 2.75) is 70.7 Å². The smallest absolute Gasteiger partial charge is 0.306 e. The monoisotopic (exact) mass is 321 g/mol. The standard InChI is InChI=1S/C16H24BNO5/c1-4-12-13(23-16(2,3)18(12)15(17)22)8-9-7-10(19)5-6-11(9)14(20)21/h9,11-13H,4-8H2,1-3H3,(H,20,21)/t9?,11?,12-,13+/m0/s1. The van der Waals surface area contributed by atoms with Gasteiger partial charge in [0, 0.05) is 12.8 Å². The lowest BCUT2D eigenvalue weighted by Gasteiger charge is -2.33. The number of aliphatic carboxylic acids is 1. The number of carboxylic acid groups (broad SMARTS) is 1. The van der Waals surface area contributed by atoms with Crippen molar-refractivity contribution in [1.82, 2.24) is 4.90 Å². The lowest BCUT2D eigenvalue weighted by molar-refractivity contribution is -0.147. The summed E-state index contributed by atoms with van der Waals surface area (Å²) in [6.07, 6.45) is 1.79. The van der Waals surface area contributed by atoms with E-state index in [1.54, 1.807) is 13.8 Å². The molecule has 0 aromatic heterocycles. The first-order chi connectivity index (χ1) is 10.7. The topological polar surface area (TPSA) is 83.9 Å². The lowest BCUT2D eigenvalue weighted by Crippen LogP contribution is -2.47. The highest BCUT2D eigenvalue weighted by Crippen LogP contribution is 2.40. The number of ketones is 1. The molecule has 1 aliphatic heterocycles. The van der Waals surface area contributed by atoms with Crippen molar-refractivity contribution in [2.24, 2.45) is 11.8 Å². The molecular weight excluding hydrogens is 297 g/mol. The summed E-state index contributed by atoms with van der Waals surface area (Å²) in [5.74, 6) is -2.08. The highest BCUT2D eigenvalue weighted by atomic mass is 16.5. The summed E-state index contributed by atoms with van der Waals surface area (Å²) in [5.41, 5.74) is -0.825. The number of carbonyl (C=O) groups excluding carboxylic acids is 2. The van der Waals surface area contributed by atoms with Crippen LogP contribution in [0.1, 0.15) is 52.9 Å². The van der Waals surface area contributed by atoms with Crippen LogP contribution in [0.15, 0.2) is 0 Å². The first kappa shape index (κ1) is 18.0. The summed E-state index contributed by atoms with van der Waals surface area (Å²) < 4.78 is 6.01. The molecule has 2 rings (SSSR count). The maximum atomic E-state index is 11.8. The van der Waals surface area contributed by atoms with Crippen LogP contribution in [-0.4, -0.2) is 53.3 Å². The van der Waals surface area contributed by atoms with Crippen molar-refractivity contribution < 1.29 is 24.2 Å². The van der Waals surface area contributed by atoms with Crippen LogP contribution >= 0.6 is 0 Å². The van der Waals surface area contributed by atoms with E-state index >= 15 is 0 Å². The van der Waals surface area contributed by atoms with Gasteiger partial charge in [-0.25, -0.2) is 0 Å². The molecule has 126 valence electrons. The quantitative estimate of drug-likeness (QED) is 0.800. The molecule has 1 N–H and O–H groups in total. The summed E-state index contributed by atoms with van der Waals surface area (Å²) in [6.45, 7) is 5.50. The van der Waals surface area contributed by atoms with Gasteiger partial charge in [-0.3, -0.25) is 14.4 Å². The zero-order chi connectivity index (χ0) is 17.4. The number of rotatable bonds is 4. The SMILES string of the molecule is [B]C(=O)N1[C@@H](CC)[C@@H](CC2CC(=O)CCC2C(=O)O)OC1(C)C. The van der Waals surface area contributed by atoms with Crippen LogP contribution < -0.4 is 0 Å². The molecule has 1 heterocycles. The minimum atomic E-state index is -0.862. The van der Waals surface area contributed by atoms with Gasteiger partial charge in [-0.2, -0.15) is 0 Å². The predicted octanol–water partition coefficient (Wildman–Crippen LogP) is 1.95. The van der Waals surface area contributed by atoms with Gasteiger partial charge in [-0.1, -0.05) is 6.92 Å². The molecule has 7 heteroatoms. The van der Waals surface area contributed by atoms with Gasteiger partial charge >= 0.3 is 5.97 Å². The molecule has 1 amide bonds. The highest BCUT2D eigenvalue weighted by molar-refractivity contribution is 6.57. The van der Waals surface area contributed by atoms with Gasteiger partial charge in [0.25, 0.3) is 0 Å². The molecular formula is C16H24BNO5. The van der Waals surface area contributed by atoms with Crippen LogP contribution in [0.3, 0.4) is 0 Å². The molecule has 1 saturated carbocycles. The Morgan fingerprint density at radius 3 is 2.61 bits per heavy atom. The third-order valence-electron chi connectivity index (χ3n) is 5.08. The fourth-order valence-electron chi connectivity index (χ4n) is 4.11. The fourth-order valence-corrected chi connectivity index (χ4v) is 4.11. The first-order valence-corrected chi connectivity index (χ1v) is 8.18. The molecule has 23 heavy (non-hydrogen) atoms. The second-order valence-corrected chi connectivity index (χ2v) is 7.01. The first-order valence-electron chi connectivity index (χ1n) is 8.18. The van der Waals surface area contributed by atoms with E-state index in [0.717, 1.165) is 0 Å². The maximum Gasteiger partial charge on any atom is 0.306 e. The molecule has 2 aliphatic rings. The number of hydrogen-bond donors (Lipinski definition) is 1. The molecule has 6 nitrogen and oxygen atoms in total. The van der Waals surface area contributed by atoms with Gasteiger partial charge < -0.3 is 14.7 Å². The van der Waals surface area contributed by atoms with Crippen molar-refractivity contribution in [3.63, 3.8) is 0 Å². The summed E-state index contributed by atoms with van der Waals surface area (Å²) >= 11 is 0.